The predicted octanol–water partition coefficient (Wildman–Crippen LogP) is 2.06. The van der Waals surface area contributed by atoms with Gasteiger partial charge >= 0.3 is 0 Å². The molecule has 0 bridgehead atoms. The van der Waals surface area contributed by atoms with E-state index in [9.17, 15) is 9.90 Å². The van der Waals surface area contributed by atoms with Gasteiger partial charge < -0.3 is 12.9 Å². The van der Waals surface area contributed by atoms with E-state index in [1.807, 2.05) is 6.92 Å². The number of hydrogen-bond acceptors (Lipinski definition) is 5. The van der Waals surface area contributed by atoms with Crippen LogP contribution >= 0.6 is 23.0 Å². The number of benzene rings is 1. The number of ketones is 1. The fourth-order valence-corrected chi connectivity index (χ4v) is 1.82. The molecular weight excluding hydrogens is 361 g/mol. The van der Waals surface area contributed by atoms with Gasteiger partial charge in [0.05, 0.1) is 6.61 Å². The fourth-order valence-electron chi connectivity index (χ4n) is 1.64. The van der Waals surface area contributed by atoms with E-state index in [-0.39, 0.29) is 6.42 Å². The van der Waals surface area contributed by atoms with Crippen molar-refractivity contribution in [2.24, 2.45) is 5.73 Å². The molecule has 0 saturated carbocycles. The minimum atomic E-state index is -1.80. The van der Waals surface area contributed by atoms with Crippen LogP contribution in [0.4, 0.5) is 0 Å². The van der Waals surface area contributed by atoms with E-state index in [0.717, 1.165) is 0 Å². The maximum Gasteiger partial charge on any atom is 0.209 e. The van der Waals surface area contributed by atoms with Gasteiger partial charge in [-0.25, -0.2) is 0 Å². The third-order valence-corrected chi connectivity index (χ3v) is 3.01. The van der Waals surface area contributed by atoms with Crippen LogP contribution in [0.2, 0.25) is 0 Å². The summed E-state index contributed by atoms with van der Waals surface area (Å²) in [5.74, 6) is 0.164. The minimum Gasteiger partial charge on any atom is -0.491 e. The van der Waals surface area contributed by atoms with Gasteiger partial charge in [0.2, 0.25) is 5.78 Å². The molecule has 0 aliphatic carbocycles. The van der Waals surface area contributed by atoms with E-state index >= 15 is 0 Å². The molecule has 0 spiro atoms. The number of halogens is 1. The summed E-state index contributed by atoms with van der Waals surface area (Å²) in [6, 6.07) is 6.52. The second-order valence-corrected chi connectivity index (χ2v) is 4.81. The number of hydrogen-bond donors (Lipinski definition) is 2. The average molecular weight is 379 g/mol. The predicted molar refractivity (Wildman–Crippen MR) is 80.3 cm³/mol. The molecule has 0 aliphatic rings. The molecule has 5 nitrogen and oxygen atoms in total. The summed E-state index contributed by atoms with van der Waals surface area (Å²) >= 11 is 1.79. The normalized spacial score (nSPS) is 13.9. The maximum absolute atomic E-state index is 12.0. The smallest absolute Gasteiger partial charge is 0.209 e. The highest BCUT2D eigenvalue weighted by Gasteiger charge is 2.30. The molecule has 19 heavy (non-hydrogen) atoms. The molecule has 0 fully saturated rings. The highest BCUT2D eigenvalue weighted by molar-refractivity contribution is 14.1. The van der Waals surface area contributed by atoms with Crippen LogP contribution in [-0.2, 0) is 3.07 Å². The summed E-state index contributed by atoms with van der Waals surface area (Å²) in [5.41, 5.74) is 4.17. The van der Waals surface area contributed by atoms with Gasteiger partial charge in [0, 0.05) is 5.56 Å². The van der Waals surface area contributed by atoms with Gasteiger partial charge in [-0.3, -0.25) is 10.5 Å². The summed E-state index contributed by atoms with van der Waals surface area (Å²) in [6.45, 7) is 2.78. The van der Waals surface area contributed by atoms with Crippen LogP contribution in [0.5, 0.6) is 5.75 Å². The topological polar surface area (TPSA) is 81.8 Å². The Morgan fingerprint density at radius 1 is 1.37 bits per heavy atom. The third-order valence-electron chi connectivity index (χ3n) is 2.57. The average Bonchev–Trinajstić information content (AvgIpc) is 2.39. The Kier molecular flexibility index (Phi) is 6.70. The molecule has 0 aliphatic heterocycles. The highest BCUT2D eigenvalue weighted by atomic mass is 127. The number of ether oxygens (including phenoxy) is 1. The molecule has 3 N–H and O–H groups in total. The van der Waals surface area contributed by atoms with E-state index in [0.29, 0.717) is 30.9 Å². The molecule has 0 heterocycles. The lowest BCUT2D eigenvalue weighted by molar-refractivity contribution is 0.0301. The molecule has 1 aromatic rings. The summed E-state index contributed by atoms with van der Waals surface area (Å²) in [7, 11) is 0. The lowest BCUT2D eigenvalue weighted by Gasteiger charge is -2.20. The van der Waals surface area contributed by atoms with E-state index < -0.39 is 11.5 Å². The fraction of sp³-hybridized carbons (Fsp3) is 0.462. The largest absolute Gasteiger partial charge is 0.491 e. The van der Waals surface area contributed by atoms with Crippen molar-refractivity contribution >= 4 is 28.8 Å². The van der Waals surface area contributed by atoms with Crippen molar-refractivity contribution in [3.63, 3.8) is 0 Å². The van der Waals surface area contributed by atoms with E-state index in [1.54, 1.807) is 47.3 Å². The van der Waals surface area contributed by atoms with E-state index in [4.69, 9.17) is 13.5 Å². The van der Waals surface area contributed by atoms with Crippen molar-refractivity contribution in [2.75, 3.05) is 13.2 Å². The zero-order valence-electron chi connectivity index (χ0n) is 10.8. The van der Waals surface area contributed by atoms with Crippen molar-refractivity contribution in [1.82, 2.24) is 0 Å². The van der Waals surface area contributed by atoms with Crippen LogP contribution in [0.3, 0.4) is 0 Å². The Morgan fingerprint density at radius 2 is 2.00 bits per heavy atom. The molecule has 6 heteroatoms. The first-order chi connectivity index (χ1) is 9.01. The molecule has 106 valence electrons. The molecule has 0 aromatic heterocycles. The second kappa shape index (κ2) is 7.78. The molecule has 0 amide bonds. The Morgan fingerprint density at radius 3 is 2.53 bits per heavy atom. The monoisotopic (exact) mass is 379 g/mol. The zero-order chi connectivity index (χ0) is 14.3. The van der Waals surface area contributed by atoms with Crippen molar-refractivity contribution in [3.05, 3.63) is 29.8 Å². The first kappa shape index (κ1) is 16.4. The van der Waals surface area contributed by atoms with Gasteiger partial charge in [-0.2, -0.15) is 0 Å². The molecule has 0 saturated heterocycles. The molecule has 1 aromatic carbocycles. The second-order valence-electron chi connectivity index (χ2n) is 4.19. The Labute approximate surface area is 126 Å². The maximum atomic E-state index is 12.0. The first-order valence-electron chi connectivity index (χ1n) is 6.03. The third kappa shape index (κ3) is 5.06. The van der Waals surface area contributed by atoms with Gasteiger partial charge in [0.1, 0.15) is 35.4 Å². The minimum absolute atomic E-state index is 0.233. The molecular formula is C13H18INO4. The Balaban J connectivity index is 2.67. The van der Waals surface area contributed by atoms with Crippen molar-refractivity contribution in [1.29, 1.82) is 0 Å². The zero-order valence-corrected chi connectivity index (χ0v) is 12.9. The van der Waals surface area contributed by atoms with Gasteiger partial charge in [-0.15, -0.1) is 0 Å². The number of rotatable bonds is 8. The number of aliphatic hydroxyl groups is 1. The van der Waals surface area contributed by atoms with Crippen LogP contribution in [0.15, 0.2) is 24.3 Å². The lowest BCUT2D eigenvalue weighted by atomic mass is 9.97. The van der Waals surface area contributed by atoms with Crippen molar-refractivity contribution in [2.45, 2.75) is 25.5 Å². The van der Waals surface area contributed by atoms with E-state index in [1.165, 1.54) is 0 Å². The van der Waals surface area contributed by atoms with Crippen LogP contribution in [-0.4, -0.2) is 29.8 Å². The number of nitrogens with two attached hydrogens (primary N) is 1. The summed E-state index contributed by atoms with van der Waals surface area (Å²) < 4.78 is 10.2. The highest BCUT2D eigenvalue weighted by Crippen LogP contribution is 2.17. The van der Waals surface area contributed by atoms with Gasteiger partial charge in [-0.1, -0.05) is 13.3 Å². The van der Waals surface area contributed by atoms with Crippen molar-refractivity contribution < 1.29 is 17.7 Å². The Hall–Kier alpha value is -0.700. The van der Waals surface area contributed by atoms with Gasteiger partial charge in [0.15, 0.2) is 5.72 Å². The quantitative estimate of drug-likeness (QED) is 0.313. The van der Waals surface area contributed by atoms with Crippen LogP contribution < -0.4 is 10.5 Å². The van der Waals surface area contributed by atoms with Crippen LogP contribution in [0.25, 0.3) is 0 Å². The summed E-state index contributed by atoms with van der Waals surface area (Å²) in [5, 5.41) is 9.86. The summed E-state index contributed by atoms with van der Waals surface area (Å²) in [4.78, 5) is 12.0. The van der Waals surface area contributed by atoms with Crippen molar-refractivity contribution in [3.8, 4) is 5.75 Å². The molecule has 1 atom stereocenters. The van der Waals surface area contributed by atoms with Crippen LogP contribution in [0.1, 0.15) is 30.1 Å². The molecule has 0 radical (unpaired) electrons. The van der Waals surface area contributed by atoms with Gasteiger partial charge in [-0.05, 0) is 30.7 Å². The lowest BCUT2D eigenvalue weighted by Crippen LogP contribution is -2.47. The molecule has 1 rings (SSSR count). The number of carbonyl (C=O) groups is 1. The number of Topliss-reactive ketones (excluding diaryl/α,β-unsaturated/α-hetero) is 1. The standard InChI is InChI=1S/C13H18INO4/c1-2-7-13(15,17)12(16)10-3-5-11(6-4-10)18-8-9-19-14/h3-6,17H,2,7-9,15H2,1H3. The van der Waals surface area contributed by atoms with Gasteiger partial charge in [0.25, 0.3) is 0 Å². The van der Waals surface area contributed by atoms with E-state index in [2.05, 4.69) is 0 Å². The Bertz CT molecular complexity index is 406. The first-order valence-corrected chi connectivity index (χ1v) is 6.92. The van der Waals surface area contributed by atoms with Crippen LogP contribution in [0, 0.1) is 0 Å². The number of carbonyl (C=O) groups excluding carboxylic acids is 1. The molecule has 1 unspecified atom stereocenters. The SMILES string of the molecule is CCCC(N)(O)C(=O)c1ccc(OCCOI)cc1. The summed E-state index contributed by atoms with van der Waals surface area (Å²) in [6.07, 6.45) is 0.868.